The molecule has 0 radical (unpaired) electrons. The Morgan fingerprint density at radius 1 is 0.750 bits per heavy atom. The van der Waals surface area contributed by atoms with E-state index in [-0.39, 0.29) is 5.54 Å². The number of carbonyl (C=O) groups is 3. The van der Waals surface area contributed by atoms with Crippen molar-refractivity contribution in [3.63, 3.8) is 0 Å². The summed E-state index contributed by atoms with van der Waals surface area (Å²) < 4.78 is 15.8. The quantitative estimate of drug-likeness (QED) is 0.586. The molecule has 114 valence electrons. The van der Waals surface area contributed by atoms with Gasteiger partial charge in [-0.1, -0.05) is 25.7 Å². The van der Waals surface area contributed by atoms with Gasteiger partial charge in [0.2, 0.25) is 0 Å². The van der Waals surface area contributed by atoms with Crippen molar-refractivity contribution in [2.24, 2.45) is 0 Å². The Bertz CT molecular complexity index is 332. The lowest BCUT2D eigenvalue weighted by Gasteiger charge is -2.32. The molecule has 0 aliphatic heterocycles. The molecule has 7 heteroatoms. The predicted octanol–water partition coefficient (Wildman–Crippen LogP) is 2.34. The van der Waals surface area contributed by atoms with Crippen molar-refractivity contribution in [1.82, 2.24) is 0 Å². The highest BCUT2D eigenvalue weighted by Crippen LogP contribution is 2.38. The summed E-state index contributed by atoms with van der Waals surface area (Å²) in [5.41, 5.74) is -0.193. The average molecular weight is 302 g/mol. The number of rotatable bonds is 4. The molecule has 0 atom stereocenters. The fraction of sp³-hybridized carbons (Fsp3) is 0.769. The van der Waals surface area contributed by atoms with Gasteiger partial charge in [0, 0.05) is 20.8 Å². The van der Waals surface area contributed by atoms with E-state index in [4.69, 9.17) is 13.3 Å². The average Bonchev–Trinajstić information content (AvgIpc) is 2.54. The summed E-state index contributed by atoms with van der Waals surface area (Å²) in [7, 11) is -3.66. The second-order valence-corrected chi connectivity index (χ2v) is 7.71. The normalized spacial score (nSPS) is 16.9. The zero-order chi connectivity index (χ0) is 15.2. The predicted molar refractivity (Wildman–Crippen MR) is 72.5 cm³/mol. The number of hydrogen-bond donors (Lipinski definition) is 0. The SMILES string of the molecule is CC(=O)O[Si](OC(C)=O)(OC(C)=O)C1CCCCCC1. The van der Waals surface area contributed by atoms with Crippen molar-refractivity contribution >= 4 is 26.7 Å². The molecular weight excluding hydrogens is 280 g/mol. The monoisotopic (exact) mass is 302 g/mol. The Balaban J connectivity index is 3.06. The Labute approximate surface area is 120 Å². The van der Waals surface area contributed by atoms with Crippen LogP contribution in [-0.2, 0) is 27.7 Å². The van der Waals surface area contributed by atoms with Crippen molar-refractivity contribution in [2.45, 2.75) is 64.8 Å². The van der Waals surface area contributed by atoms with E-state index < -0.39 is 26.7 Å². The lowest BCUT2D eigenvalue weighted by atomic mass is 10.2. The van der Waals surface area contributed by atoms with Crippen molar-refractivity contribution in [2.75, 3.05) is 0 Å². The second kappa shape index (κ2) is 7.42. The van der Waals surface area contributed by atoms with Crippen LogP contribution in [0.5, 0.6) is 0 Å². The van der Waals surface area contributed by atoms with Crippen LogP contribution in [0.15, 0.2) is 0 Å². The molecule has 1 saturated carbocycles. The van der Waals surface area contributed by atoms with Crippen LogP contribution < -0.4 is 0 Å². The molecule has 0 heterocycles. The molecule has 1 aliphatic rings. The molecule has 0 aromatic heterocycles. The maximum atomic E-state index is 11.4. The molecule has 1 rings (SSSR count). The van der Waals surface area contributed by atoms with Crippen LogP contribution >= 0.6 is 0 Å². The number of hydrogen-bond acceptors (Lipinski definition) is 6. The first-order valence-corrected chi connectivity index (χ1v) is 8.74. The largest absolute Gasteiger partial charge is 0.708 e. The molecule has 1 fully saturated rings. The molecule has 0 bridgehead atoms. The maximum absolute atomic E-state index is 11.4. The summed E-state index contributed by atoms with van der Waals surface area (Å²) in [5.74, 6) is -1.78. The molecule has 6 nitrogen and oxygen atoms in total. The molecule has 0 aromatic carbocycles. The van der Waals surface area contributed by atoms with Gasteiger partial charge in [-0.3, -0.25) is 14.4 Å². The highest BCUT2D eigenvalue weighted by atomic mass is 28.4. The van der Waals surface area contributed by atoms with Gasteiger partial charge in [0.25, 0.3) is 17.9 Å². The first kappa shape index (κ1) is 16.7. The minimum atomic E-state index is -3.66. The Morgan fingerprint density at radius 2 is 1.10 bits per heavy atom. The zero-order valence-electron chi connectivity index (χ0n) is 12.3. The van der Waals surface area contributed by atoms with Crippen LogP contribution in [0.1, 0.15) is 59.3 Å². The van der Waals surface area contributed by atoms with E-state index >= 15 is 0 Å². The van der Waals surface area contributed by atoms with Gasteiger partial charge in [0.1, 0.15) is 0 Å². The third kappa shape index (κ3) is 4.95. The van der Waals surface area contributed by atoms with Crippen LogP contribution in [0.25, 0.3) is 0 Å². The van der Waals surface area contributed by atoms with Gasteiger partial charge in [-0.05, 0) is 12.8 Å². The highest BCUT2D eigenvalue weighted by Gasteiger charge is 2.58. The van der Waals surface area contributed by atoms with Gasteiger partial charge < -0.3 is 13.3 Å². The summed E-state index contributed by atoms with van der Waals surface area (Å²) in [4.78, 5) is 34.1. The molecule has 0 spiro atoms. The van der Waals surface area contributed by atoms with Crippen LogP contribution in [0, 0.1) is 0 Å². The van der Waals surface area contributed by atoms with Crippen molar-refractivity contribution < 1.29 is 27.7 Å². The third-order valence-electron chi connectivity index (χ3n) is 3.21. The van der Waals surface area contributed by atoms with Gasteiger partial charge >= 0.3 is 8.80 Å². The smallest absolute Gasteiger partial charge is 0.455 e. The van der Waals surface area contributed by atoms with E-state index in [0.717, 1.165) is 38.5 Å². The number of carbonyl (C=O) groups excluding carboxylic acids is 3. The molecule has 0 unspecified atom stereocenters. The van der Waals surface area contributed by atoms with E-state index in [1.807, 2.05) is 0 Å². The van der Waals surface area contributed by atoms with Crippen molar-refractivity contribution in [3.8, 4) is 0 Å². The lowest BCUT2D eigenvalue weighted by molar-refractivity contribution is -0.148. The molecule has 0 amide bonds. The first-order chi connectivity index (χ1) is 9.35. The summed E-state index contributed by atoms with van der Waals surface area (Å²) >= 11 is 0. The molecule has 0 aromatic rings. The van der Waals surface area contributed by atoms with E-state index in [9.17, 15) is 14.4 Å². The van der Waals surface area contributed by atoms with Crippen LogP contribution in [0.4, 0.5) is 0 Å². The minimum Gasteiger partial charge on any atom is -0.455 e. The third-order valence-corrected chi connectivity index (χ3v) is 6.51. The zero-order valence-corrected chi connectivity index (χ0v) is 13.3. The topological polar surface area (TPSA) is 78.9 Å². The maximum Gasteiger partial charge on any atom is 0.708 e. The van der Waals surface area contributed by atoms with Crippen LogP contribution in [0.2, 0.25) is 5.54 Å². The van der Waals surface area contributed by atoms with Crippen molar-refractivity contribution in [3.05, 3.63) is 0 Å². The molecule has 1 aliphatic carbocycles. The van der Waals surface area contributed by atoms with Gasteiger partial charge in [-0.25, -0.2) is 0 Å². The fourth-order valence-corrected chi connectivity index (χ4v) is 5.49. The van der Waals surface area contributed by atoms with Crippen LogP contribution in [0.3, 0.4) is 0 Å². The van der Waals surface area contributed by atoms with Gasteiger partial charge in [-0.2, -0.15) is 0 Å². The first-order valence-electron chi connectivity index (χ1n) is 6.94. The van der Waals surface area contributed by atoms with E-state index in [1.165, 1.54) is 20.8 Å². The Kier molecular flexibility index (Phi) is 6.19. The highest BCUT2D eigenvalue weighted by molar-refractivity contribution is 6.67. The summed E-state index contributed by atoms with van der Waals surface area (Å²) in [5, 5.41) is 0. The molecule has 0 N–H and O–H groups in total. The molecule has 20 heavy (non-hydrogen) atoms. The standard InChI is InChI=1S/C13H22O6Si/c1-10(14)17-20(18-11(2)15,19-12(3)16)13-8-6-4-5-7-9-13/h13H,4-9H2,1-3H3. The van der Waals surface area contributed by atoms with E-state index in [0.29, 0.717) is 0 Å². The Hall–Kier alpha value is -1.37. The van der Waals surface area contributed by atoms with Gasteiger partial charge in [-0.15, -0.1) is 0 Å². The van der Waals surface area contributed by atoms with E-state index in [2.05, 4.69) is 0 Å². The second-order valence-electron chi connectivity index (χ2n) is 5.07. The van der Waals surface area contributed by atoms with Crippen molar-refractivity contribution in [1.29, 1.82) is 0 Å². The summed E-state index contributed by atoms with van der Waals surface area (Å²) in [6.45, 7) is 3.68. The molecular formula is C13H22O6Si. The summed E-state index contributed by atoms with van der Waals surface area (Å²) in [6.07, 6.45) is 5.54. The fourth-order valence-electron chi connectivity index (χ4n) is 2.55. The van der Waals surface area contributed by atoms with Crippen LogP contribution in [-0.4, -0.2) is 26.7 Å². The minimum absolute atomic E-state index is 0.193. The van der Waals surface area contributed by atoms with Gasteiger partial charge in [0.05, 0.1) is 5.54 Å². The van der Waals surface area contributed by atoms with Gasteiger partial charge in [0.15, 0.2) is 0 Å². The Morgan fingerprint density at radius 3 is 1.40 bits per heavy atom. The van der Waals surface area contributed by atoms with E-state index in [1.54, 1.807) is 0 Å². The summed E-state index contributed by atoms with van der Waals surface area (Å²) in [6, 6.07) is 0. The lowest BCUT2D eigenvalue weighted by Crippen LogP contribution is -2.53. The molecule has 0 saturated heterocycles.